The van der Waals surface area contributed by atoms with Gasteiger partial charge in [-0.2, -0.15) is 9.61 Å². The summed E-state index contributed by atoms with van der Waals surface area (Å²) in [5.41, 5.74) is 2.63. The average molecular weight is 210 g/mol. The van der Waals surface area contributed by atoms with Crippen LogP contribution < -0.4 is 5.22 Å². The summed E-state index contributed by atoms with van der Waals surface area (Å²) >= 11 is 0. The van der Waals surface area contributed by atoms with Crippen molar-refractivity contribution < 1.29 is 0 Å². The van der Waals surface area contributed by atoms with E-state index in [4.69, 9.17) is 0 Å². The fourth-order valence-electron chi connectivity index (χ4n) is 1.70. The summed E-state index contributed by atoms with van der Waals surface area (Å²) < 4.78 is 1.74. The van der Waals surface area contributed by atoms with Crippen LogP contribution in [0.3, 0.4) is 0 Å². The topological polar surface area (TPSA) is 43.1 Å². The van der Waals surface area contributed by atoms with Gasteiger partial charge in [0.1, 0.15) is 0 Å². The molecular formula is C12H10N4. The van der Waals surface area contributed by atoms with E-state index in [1.165, 1.54) is 0 Å². The van der Waals surface area contributed by atoms with Gasteiger partial charge in [-0.15, -0.1) is 10.2 Å². The molecule has 16 heavy (non-hydrogen) atoms. The minimum Gasteiger partial charge on any atom is -0.192 e. The zero-order valence-electron chi connectivity index (χ0n) is 8.88. The van der Waals surface area contributed by atoms with Crippen molar-refractivity contribution in [2.75, 3.05) is 0 Å². The second-order valence-corrected chi connectivity index (χ2v) is 3.69. The Hall–Kier alpha value is -2.23. The van der Waals surface area contributed by atoms with Crippen LogP contribution in [-0.4, -0.2) is 19.8 Å². The number of fused-ring (bicyclic) bond motifs is 1. The quantitative estimate of drug-likeness (QED) is 0.606. The lowest BCUT2D eigenvalue weighted by atomic mass is 10.2. The Morgan fingerprint density at radius 2 is 1.88 bits per heavy atom. The van der Waals surface area contributed by atoms with E-state index in [1.807, 2.05) is 37.3 Å². The van der Waals surface area contributed by atoms with Gasteiger partial charge in [0, 0.05) is 10.8 Å². The molecule has 2 aromatic heterocycles. The predicted octanol–water partition coefficient (Wildman–Crippen LogP) is 1.23. The van der Waals surface area contributed by atoms with E-state index >= 15 is 0 Å². The van der Waals surface area contributed by atoms with Crippen LogP contribution in [0, 0.1) is 6.92 Å². The Morgan fingerprint density at radius 1 is 1.12 bits per heavy atom. The highest BCUT2D eigenvalue weighted by Gasteiger charge is 2.11. The summed E-state index contributed by atoms with van der Waals surface area (Å²) in [4.78, 5) is 0. The highest BCUT2D eigenvalue weighted by Crippen LogP contribution is 2.15. The first kappa shape index (κ1) is 9.03. The van der Waals surface area contributed by atoms with E-state index in [0.717, 1.165) is 27.9 Å². The molecule has 0 aliphatic heterocycles. The molecule has 0 spiro atoms. The molecule has 1 aromatic carbocycles. The van der Waals surface area contributed by atoms with E-state index in [2.05, 4.69) is 21.9 Å². The molecule has 0 fully saturated rings. The molecule has 3 aromatic rings. The first-order valence-corrected chi connectivity index (χ1v) is 5.03. The van der Waals surface area contributed by atoms with Crippen LogP contribution in [0.2, 0.25) is 0 Å². The van der Waals surface area contributed by atoms with Crippen LogP contribution in [0.4, 0.5) is 0 Å². The van der Waals surface area contributed by atoms with Crippen molar-refractivity contribution in [3.63, 3.8) is 0 Å². The number of aryl methyl sites for hydroxylation is 1. The van der Waals surface area contributed by atoms with Crippen molar-refractivity contribution in [1.82, 2.24) is 19.8 Å². The smallest absolute Gasteiger partial charge is 0.186 e. The molecule has 0 N–H and O–H groups in total. The molecule has 0 radical (unpaired) electrons. The van der Waals surface area contributed by atoms with Crippen molar-refractivity contribution >= 4 is 12.2 Å². The summed E-state index contributed by atoms with van der Waals surface area (Å²) in [6, 6.07) is 9.89. The summed E-state index contributed by atoms with van der Waals surface area (Å²) in [7, 11) is 0. The van der Waals surface area contributed by atoms with Crippen molar-refractivity contribution in [2.24, 2.45) is 0 Å². The minimum absolute atomic E-state index is 0.733. The van der Waals surface area contributed by atoms with E-state index < -0.39 is 0 Å². The van der Waals surface area contributed by atoms with E-state index in [9.17, 15) is 0 Å². The standard InChI is InChI=1S/C12H10N4/c1-8-9(2)15-16-11(8)13-14-12(16)10-6-4-3-5-7-10/h3-7H,1H2,2H3. The summed E-state index contributed by atoms with van der Waals surface area (Å²) in [6.45, 7) is 5.85. The maximum Gasteiger partial charge on any atom is 0.186 e. The molecule has 4 heteroatoms. The Balaban J connectivity index is 2.34. The largest absolute Gasteiger partial charge is 0.192 e. The van der Waals surface area contributed by atoms with Gasteiger partial charge in [-0.1, -0.05) is 36.9 Å². The van der Waals surface area contributed by atoms with Gasteiger partial charge in [0.2, 0.25) is 0 Å². The number of benzene rings is 1. The molecule has 2 heterocycles. The Kier molecular flexibility index (Phi) is 1.77. The summed E-state index contributed by atoms with van der Waals surface area (Å²) in [5, 5.41) is 13.5. The maximum atomic E-state index is 4.38. The molecule has 0 bridgehead atoms. The molecule has 0 unspecified atom stereocenters. The molecule has 3 rings (SSSR count). The van der Waals surface area contributed by atoms with Crippen LogP contribution >= 0.6 is 0 Å². The Morgan fingerprint density at radius 3 is 2.62 bits per heavy atom. The van der Waals surface area contributed by atoms with Gasteiger partial charge in [-0.3, -0.25) is 0 Å². The van der Waals surface area contributed by atoms with Crippen LogP contribution in [-0.2, 0) is 0 Å². The Labute approximate surface area is 92.2 Å². The first-order chi connectivity index (χ1) is 7.77. The highest BCUT2D eigenvalue weighted by atomic mass is 15.4. The van der Waals surface area contributed by atoms with Crippen LogP contribution in [0.15, 0.2) is 30.3 Å². The summed E-state index contributed by atoms with van der Waals surface area (Å²) in [6.07, 6.45) is 0. The van der Waals surface area contributed by atoms with Gasteiger partial charge >= 0.3 is 0 Å². The normalized spacial score (nSPS) is 11.1. The first-order valence-electron chi connectivity index (χ1n) is 5.03. The van der Waals surface area contributed by atoms with Crippen LogP contribution in [0.25, 0.3) is 23.6 Å². The average Bonchev–Trinajstić information content (AvgIpc) is 2.83. The second kappa shape index (κ2) is 3.13. The molecule has 4 nitrogen and oxygen atoms in total. The summed E-state index contributed by atoms with van der Waals surface area (Å²) in [5.74, 6) is 0.758. The third-order valence-corrected chi connectivity index (χ3v) is 2.63. The molecule has 0 aliphatic carbocycles. The molecule has 0 saturated heterocycles. The van der Waals surface area contributed by atoms with Crippen molar-refractivity contribution in [3.05, 3.63) is 41.2 Å². The third kappa shape index (κ3) is 1.13. The predicted molar refractivity (Wildman–Crippen MR) is 61.7 cm³/mol. The second-order valence-electron chi connectivity index (χ2n) is 3.69. The van der Waals surface area contributed by atoms with Gasteiger partial charge in [0.05, 0.1) is 5.69 Å². The lowest BCUT2D eigenvalue weighted by Crippen LogP contribution is -1.98. The number of nitrogens with zero attached hydrogens (tertiary/aromatic N) is 4. The maximum absolute atomic E-state index is 4.38. The molecular weight excluding hydrogens is 200 g/mol. The number of hydrogen-bond acceptors (Lipinski definition) is 3. The highest BCUT2D eigenvalue weighted by molar-refractivity contribution is 5.59. The fourth-order valence-corrected chi connectivity index (χ4v) is 1.70. The monoisotopic (exact) mass is 210 g/mol. The van der Waals surface area contributed by atoms with Gasteiger partial charge < -0.3 is 0 Å². The van der Waals surface area contributed by atoms with Gasteiger partial charge in [-0.05, 0) is 6.92 Å². The zero-order chi connectivity index (χ0) is 11.1. The minimum atomic E-state index is 0.733. The Bertz CT molecular complexity index is 685. The lowest BCUT2D eigenvalue weighted by molar-refractivity contribution is 0.937. The van der Waals surface area contributed by atoms with Crippen LogP contribution in [0.5, 0.6) is 0 Å². The van der Waals surface area contributed by atoms with E-state index in [0.29, 0.717) is 0 Å². The lowest BCUT2D eigenvalue weighted by Gasteiger charge is -1.94. The molecule has 0 saturated carbocycles. The fraction of sp³-hybridized carbons (Fsp3) is 0.0833. The third-order valence-electron chi connectivity index (χ3n) is 2.63. The van der Waals surface area contributed by atoms with Crippen molar-refractivity contribution in [2.45, 2.75) is 6.92 Å². The van der Waals surface area contributed by atoms with E-state index in [-0.39, 0.29) is 0 Å². The van der Waals surface area contributed by atoms with Gasteiger partial charge in [-0.25, -0.2) is 0 Å². The van der Waals surface area contributed by atoms with Gasteiger partial charge in [0.25, 0.3) is 0 Å². The molecule has 78 valence electrons. The van der Waals surface area contributed by atoms with E-state index in [1.54, 1.807) is 4.52 Å². The van der Waals surface area contributed by atoms with Crippen molar-refractivity contribution in [3.8, 4) is 11.4 Å². The number of hydrogen-bond donors (Lipinski definition) is 0. The molecule has 0 aliphatic rings. The number of aromatic nitrogens is 4. The SMILES string of the molecule is C=c1c(C)nn2c(-c3ccccc3)nnc12. The van der Waals surface area contributed by atoms with Crippen LogP contribution in [0.1, 0.15) is 5.69 Å². The molecule has 0 atom stereocenters. The van der Waals surface area contributed by atoms with Crippen molar-refractivity contribution in [1.29, 1.82) is 0 Å². The number of rotatable bonds is 1. The molecule has 0 amide bonds. The zero-order valence-corrected chi connectivity index (χ0v) is 8.88. The van der Waals surface area contributed by atoms with Gasteiger partial charge in [0.15, 0.2) is 11.5 Å².